The van der Waals surface area contributed by atoms with Gasteiger partial charge in [0, 0.05) is 11.8 Å². The van der Waals surface area contributed by atoms with Gasteiger partial charge in [-0.25, -0.2) is 0 Å². The Labute approximate surface area is 92.0 Å². The van der Waals surface area contributed by atoms with Gasteiger partial charge in [-0.15, -0.1) is 0 Å². The van der Waals surface area contributed by atoms with Crippen LogP contribution in [-0.2, 0) is 11.3 Å². The Morgan fingerprint density at radius 3 is 2.53 bits per heavy atom. The zero-order chi connectivity index (χ0) is 11.1. The summed E-state index contributed by atoms with van der Waals surface area (Å²) in [5.74, 6) is 0. The van der Waals surface area contributed by atoms with Crippen molar-refractivity contribution in [3.05, 3.63) is 35.9 Å². The van der Waals surface area contributed by atoms with Crippen LogP contribution in [0.3, 0.4) is 0 Å². The van der Waals surface area contributed by atoms with Crippen molar-refractivity contribution >= 4 is 5.71 Å². The molecule has 1 aromatic carbocycles. The van der Waals surface area contributed by atoms with E-state index in [0.29, 0.717) is 19.3 Å². The highest BCUT2D eigenvalue weighted by Crippen LogP contribution is 2.00. The Bertz CT molecular complexity index is 304. The van der Waals surface area contributed by atoms with Crippen LogP contribution in [-0.4, -0.2) is 18.4 Å². The van der Waals surface area contributed by atoms with Gasteiger partial charge in [-0.2, -0.15) is 0 Å². The summed E-state index contributed by atoms with van der Waals surface area (Å²) in [5, 5.41) is 0. The van der Waals surface area contributed by atoms with E-state index in [-0.39, 0.29) is 0 Å². The third-order valence-electron chi connectivity index (χ3n) is 1.90. The minimum absolute atomic E-state index is 0.352. The molecular formula is C13H19NO. The van der Waals surface area contributed by atoms with Gasteiger partial charge in [0.2, 0.25) is 0 Å². The van der Waals surface area contributed by atoms with E-state index in [0.717, 1.165) is 5.71 Å². The zero-order valence-corrected chi connectivity index (χ0v) is 9.73. The van der Waals surface area contributed by atoms with Crippen LogP contribution in [0.25, 0.3) is 0 Å². The van der Waals surface area contributed by atoms with E-state index in [9.17, 15) is 0 Å². The lowest BCUT2D eigenvalue weighted by atomic mass is 10.2. The SMILES string of the molecule is CC(COCc1ccccc1)=NC(C)C. The number of nitrogens with zero attached hydrogens (tertiary/aromatic N) is 1. The van der Waals surface area contributed by atoms with Crippen molar-refractivity contribution in [2.45, 2.75) is 33.4 Å². The Morgan fingerprint density at radius 1 is 1.27 bits per heavy atom. The number of benzene rings is 1. The highest BCUT2D eigenvalue weighted by molar-refractivity contribution is 5.83. The fraction of sp³-hybridized carbons (Fsp3) is 0.462. The second kappa shape index (κ2) is 6.36. The first-order valence-electron chi connectivity index (χ1n) is 5.33. The molecule has 0 radical (unpaired) electrons. The highest BCUT2D eigenvalue weighted by atomic mass is 16.5. The lowest BCUT2D eigenvalue weighted by Gasteiger charge is -2.05. The van der Waals surface area contributed by atoms with Crippen molar-refractivity contribution in [3.63, 3.8) is 0 Å². The van der Waals surface area contributed by atoms with Crippen LogP contribution in [0.2, 0.25) is 0 Å². The van der Waals surface area contributed by atoms with Gasteiger partial charge in [-0.1, -0.05) is 30.3 Å². The second-order valence-electron chi connectivity index (χ2n) is 3.94. The molecule has 0 atom stereocenters. The second-order valence-corrected chi connectivity index (χ2v) is 3.94. The first kappa shape index (κ1) is 11.9. The molecule has 1 rings (SSSR count). The lowest BCUT2D eigenvalue weighted by molar-refractivity contribution is 0.157. The first-order valence-corrected chi connectivity index (χ1v) is 5.33. The summed E-state index contributed by atoms with van der Waals surface area (Å²) in [6, 6.07) is 10.5. The van der Waals surface area contributed by atoms with E-state index in [1.807, 2.05) is 25.1 Å². The number of hydrogen-bond acceptors (Lipinski definition) is 2. The molecule has 0 saturated carbocycles. The minimum atomic E-state index is 0.352. The summed E-state index contributed by atoms with van der Waals surface area (Å²) < 4.78 is 5.55. The predicted octanol–water partition coefficient (Wildman–Crippen LogP) is 3.07. The van der Waals surface area contributed by atoms with Crippen LogP contribution in [0.15, 0.2) is 35.3 Å². The van der Waals surface area contributed by atoms with Crippen molar-refractivity contribution in [2.75, 3.05) is 6.61 Å². The predicted molar refractivity (Wildman–Crippen MR) is 64.3 cm³/mol. The van der Waals surface area contributed by atoms with Gasteiger partial charge < -0.3 is 4.74 Å². The highest BCUT2D eigenvalue weighted by Gasteiger charge is 1.95. The number of rotatable bonds is 5. The molecule has 0 amide bonds. The molecule has 2 heteroatoms. The topological polar surface area (TPSA) is 21.6 Å². The molecule has 82 valence electrons. The fourth-order valence-corrected chi connectivity index (χ4v) is 1.37. The van der Waals surface area contributed by atoms with E-state index < -0.39 is 0 Å². The molecule has 0 heterocycles. The normalized spacial score (nSPS) is 12.1. The standard InChI is InChI=1S/C13H19NO/c1-11(2)14-12(3)9-15-10-13-7-5-4-6-8-13/h4-8,11H,9-10H2,1-3H3. The summed E-state index contributed by atoms with van der Waals surface area (Å²) in [4.78, 5) is 4.40. The van der Waals surface area contributed by atoms with Gasteiger partial charge in [0.15, 0.2) is 0 Å². The quantitative estimate of drug-likeness (QED) is 0.677. The molecular weight excluding hydrogens is 186 g/mol. The van der Waals surface area contributed by atoms with Crippen molar-refractivity contribution in [3.8, 4) is 0 Å². The molecule has 15 heavy (non-hydrogen) atoms. The minimum Gasteiger partial charge on any atom is -0.371 e. The smallest absolute Gasteiger partial charge is 0.0846 e. The van der Waals surface area contributed by atoms with Crippen LogP contribution >= 0.6 is 0 Å². The van der Waals surface area contributed by atoms with E-state index in [2.05, 4.69) is 31.0 Å². The summed E-state index contributed by atoms with van der Waals surface area (Å²) in [6.07, 6.45) is 0. The van der Waals surface area contributed by atoms with Gasteiger partial charge in [0.25, 0.3) is 0 Å². The molecule has 0 unspecified atom stereocenters. The molecule has 0 N–H and O–H groups in total. The van der Waals surface area contributed by atoms with Gasteiger partial charge in [0.1, 0.15) is 0 Å². The molecule has 0 spiro atoms. The maximum absolute atomic E-state index is 5.55. The van der Waals surface area contributed by atoms with Gasteiger partial charge in [0.05, 0.1) is 13.2 Å². The van der Waals surface area contributed by atoms with Crippen LogP contribution in [0.4, 0.5) is 0 Å². The Kier molecular flexibility index (Phi) is 5.05. The zero-order valence-electron chi connectivity index (χ0n) is 9.73. The van der Waals surface area contributed by atoms with Crippen molar-refractivity contribution in [1.82, 2.24) is 0 Å². The monoisotopic (exact) mass is 205 g/mol. The molecule has 0 aliphatic rings. The van der Waals surface area contributed by atoms with Crippen LogP contribution in [0.1, 0.15) is 26.3 Å². The average molecular weight is 205 g/mol. The number of aliphatic imine (C=N–C) groups is 1. The van der Waals surface area contributed by atoms with Crippen LogP contribution in [0, 0.1) is 0 Å². The number of hydrogen-bond donors (Lipinski definition) is 0. The van der Waals surface area contributed by atoms with Crippen LogP contribution < -0.4 is 0 Å². The third kappa shape index (κ3) is 5.33. The Balaban J connectivity index is 2.28. The summed E-state index contributed by atoms with van der Waals surface area (Å²) in [6.45, 7) is 7.42. The fourth-order valence-electron chi connectivity index (χ4n) is 1.37. The molecule has 0 bridgehead atoms. The first-order chi connectivity index (χ1) is 7.18. The van der Waals surface area contributed by atoms with Crippen molar-refractivity contribution in [2.24, 2.45) is 4.99 Å². The van der Waals surface area contributed by atoms with Crippen LogP contribution in [0.5, 0.6) is 0 Å². The molecule has 0 saturated heterocycles. The van der Waals surface area contributed by atoms with Crippen molar-refractivity contribution in [1.29, 1.82) is 0 Å². The summed E-state index contributed by atoms with van der Waals surface area (Å²) >= 11 is 0. The molecule has 0 aliphatic heterocycles. The molecule has 0 fully saturated rings. The Hall–Kier alpha value is -1.15. The maximum atomic E-state index is 5.55. The number of ether oxygens (including phenoxy) is 1. The average Bonchev–Trinajstić information content (AvgIpc) is 2.18. The summed E-state index contributed by atoms with van der Waals surface area (Å²) in [7, 11) is 0. The van der Waals surface area contributed by atoms with E-state index in [4.69, 9.17) is 4.74 Å². The molecule has 2 nitrogen and oxygen atoms in total. The Morgan fingerprint density at radius 2 is 1.93 bits per heavy atom. The van der Waals surface area contributed by atoms with E-state index in [1.54, 1.807) is 0 Å². The van der Waals surface area contributed by atoms with Gasteiger partial charge in [-0.05, 0) is 26.3 Å². The molecule has 0 aliphatic carbocycles. The van der Waals surface area contributed by atoms with Gasteiger partial charge in [-0.3, -0.25) is 4.99 Å². The summed E-state index contributed by atoms with van der Waals surface area (Å²) in [5.41, 5.74) is 2.26. The largest absolute Gasteiger partial charge is 0.371 e. The van der Waals surface area contributed by atoms with Crippen molar-refractivity contribution < 1.29 is 4.74 Å². The van der Waals surface area contributed by atoms with Gasteiger partial charge >= 0.3 is 0 Å². The maximum Gasteiger partial charge on any atom is 0.0846 e. The third-order valence-corrected chi connectivity index (χ3v) is 1.90. The molecule has 0 aromatic heterocycles. The lowest BCUT2D eigenvalue weighted by Crippen LogP contribution is -2.07. The van der Waals surface area contributed by atoms with E-state index >= 15 is 0 Å². The molecule has 1 aromatic rings. The van der Waals surface area contributed by atoms with E-state index in [1.165, 1.54) is 5.56 Å².